The summed E-state index contributed by atoms with van der Waals surface area (Å²) in [7, 11) is 0. The van der Waals surface area contributed by atoms with Gasteiger partial charge in [0.05, 0.1) is 0 Å². The Bertz CT molecular complexity index is 626. The molecule has 0 aliphatic heterocycles. The Labute approximate surface area is 105 Å². The van der Waals surface area contributed by atoms with Crippen LogP contribution in [0.3, 0.4) is 0 Å². The number of aromatic nitrogens is 1. The Balaban J connectivity index is 2.40. The highest BCUT2D eigenvalue weighted by Crippen LogP contribution is 2.09. The number of benzene rings is 1. The van der Waals surface area contributed by atoms with Crippen molar-refractivity contribution in [1.82, 2.24) is 4.98 Å². The minimum absolute atomic E-state index is 0.0998. The minimum Gasteiger partial charge on any atom is -0.328 e. The van der Waals surface area contributed by atoms with E-state index in [1.807, 2.05) is 18.2 Å². The zero-order valence-corrected chi connectivity index (χ0v) is 9.85. The first-order chi connectivity index (χ1) is 8.72. The maximum absolute atomic E-state index is 12.2. The van der Waals surface area contributed by atoms with Gasteiger partial charge in [0.1, 0.15) is 0 Å². The molecule has 2 aromatic rings. The lowest BCUT2D eigenvalue weighted by molar-refractivity contribution is 0.103. The second-order valence-electron chi connectivity index (χ2n) is 3.93. The molecule has 0 bridgehead atoms. The minimum atomic E-state index is -0.181. The van der Waals surface area contributed by atoms with Crippen molar-refractivity contribution in [3.63, 3.8) is 0 Å². The smallest absolute Gasteiger partial charge is 0.251 e. The van der Waals surface area contributed by atoms with Crippen molar-refractivity contribution >= 4 is 5.78 Å². The molecule has 18 heavy (non-hydrogen) atoms. The van der Waals surface area contributed by atoms with E-state index in [0.717, 1.165) is 0 Å². The van der Waals surface area contributed by atoms with Gasteiger partial charge in [-0.3, -0.25) is 9.59 Å². The number of hydrogen-bond acceptors (Lipinski definition) is 2. The highest BCUT2D eigenvalue weighted by Gasteiger charge is 2.10. The van der Waals surface area contributed by atoms with Crippen LogP contribution >= 0.6 is 0 Å². The van der Waals surface area contributed by atoms with Gasteiger partial charge in [0.25, 0.3) is 5.56 Å². The zero-order chi connectivity index (χ0) is 13.0. The van der Waals surface area contributed by atoms with Crippen LogP contribution in [0.1, 0.15) is 21.5 Å². The fourth-order valence-electron chi connectivity index (χ4n) is 1.73. The van der Waals surface area contributed by atoms with Gasteiger partial charge in [0, 0.05) is 22.9 Å². The monoisotopic (exact) mass is 239 g/mol. The largest absolute Gasteiger partial charge is 0.328 e. The van der Waals surface area contributed by atoms with Gasteiger partial charge in [-0.05, 0) is 12.5 Å². The molecule has 0 amide bonds. The summed E-state index contributed by atoms with van der Waals surface area (Å²) >= 11 is 0. The summed E-state index contributed by atoms with van der Waals surface area (Å²) in [6.45, 7) is 3.59. The lowest BCUT2D eigenvalue weighted by Crippen LogP contribution is -2.14. The van der Waals surface area contributed by atoms with E-state index in [1.165, 1.54) is 6.20 Å². The fraction of sp³-hybridized carbons (Fsp3) is 0.0667. The number of rotatable bonds is 4. The van der Waals surface area contributed by atoms with Gasteiger partial charge in [0.15, 0.2) is 5.78 Å². The summed E-state index contributed by atoms with van der Waals surface area (Å²) < 4.78 is 0. The molecule has 2 rings (SSSR count). The lowest BCUT2D eigenvalue weighted by atomic mass is 10.0. The highest BCUT2D eigenvalue weighted by molar-refractivity contribution is 6.08. The SMILES string of the molecule is C=CCc1cc(C(=O)c2ccccc2)c[nH]c1=O. The van der Waals surface area contributed by atoms with Crippen LogP contribution in [-0.4, -0.2) is 10.8 Å². The van der Waals surface area contributed by atoms with Gasteiger partial charge in [-0.15, -0.1) is 6.58 Å². The lowest BCUT2D eigenvalue weighted by Gasteiger charge is -2.02. The van der Waals surface area contributed by atoms with Crippen molar-refractivity contribution in [2.75, 3.05) is 0 Å². The Hall–Kier alpha value is -2.42. The third-order valence-electron chi connectivity index (χ3n) is 2.64. The summed E-state index contributed by atoms with van der Waals surface area (Å²) in [6, 6.07) is 10.6. The molecule has 0 unspecified atom stereocenters. The average molecular weight is 239 g/mol. The Kier molecular flexibility index (Phi) is 3.53. The van der Waals surface area contributed by atoms with E-state index in [9.17, 15) is 9.59 Å². The van der Waals surface area contributed by atoms with Crippen LogP contribution in [0.15, 0.2) is 60.0 Å². The second-order valence-corrected chi connectivity index (χ2v) is 3.93. The first-order valence-corrected chi connectivity index (χ1v) is 5.64. The van der Waals surface area contributed by atoms with E-state index in [4.69, 9.17) is 0 Å². The number of carbonyl (C=O) groups is 1. The highest BCUT2D eigenvalue weighted by atomic mass is 16.1. The van der Waals surface area contributed by atoms with Crippen LogP contribution in [0.5, 0.6) is 0 Å². The molecular formula is C15H13NO2. The number of aromatic amines is 1. The molecule has 0 saturated carbocycles. The number of carbonyl (C=O) groups excluding carboxylic acids is 1. The van der Waals surface area contributed by atoms with Crippen LogP contribution < -0.4 is 5.56 Å². The number of nitrogens with one attached hydrogen (secondary N) is 1. The zero-order valence-electron chi connectivity index (χ0n) is 9.85. The molecule has 1 aromatic heterocycles. The van der Waals surface area contributed by atoms with Crippen molar-refractivity contribution in [3.8, 4) is 0 Å². The maximum atomic E-state index is 12.2. The topological polar surface area (TPSA) is 49.9 Å². The fourth-order valence-corrected chi connectivity index (χ4v) is 1.73. The molecule has 3 nitrogen and oxygen atoms in total. The predicted molar refractivity (Wildman–Crippen MR) is 70.8 cm³/mol. The Morgan fingerprint density at radius 3 is 2.61 bits per heavy atom. The van der Waals surface area contributed by atoms with Gasteiger partial charge in [-0.25, -0.2) is 0 Å². The van der Waals surface area contributed by atoms with E-state index < -0.39 is 0 Å². The first-order valence-electron chi connectivity index (χ1n) is 5.64. The van der Waals surface area contributed by atoms with Crippen molar-refractivity contribution in [2.24, 2.45) is 0 Å². The van der Waals surface area contributed by atoms with Gasteiger partial charge >= 0.3 is 0 Å². The number of hydrogen-bond donors (Lipinski definition) is 1. The van der Waals surface area contributed by atoms with E-state index in [-0.39, 0.29) is 11.3 Å². The van der Waals surface area contributed by atoms with Crippen LogP contribution in [0.4, 0.5) is 0 Å². The molecular weight excluding hydrogens is 226 g/mol. The molecule has 0 aliphatic rings. The van der Waals surface area contributed by atoms with Crippen LogP contribution in [0, 0.1) is 0 Å². The molecule has 0 saturated heterocycles. The molecule has 0 spiro atoms. The van der Waals surface area contributed by atoms with E-state index >= 15 is 0 Å². The van der Waals surface area contributed by atoms with Crippen LogP contribution in [0.2, 0.25) is 0 Å². The quantitative estimate of drug-likeness (QED) is 0.657. The maximum Gasteiger partial charge on any atom is 0.251 e. The molecule has 0 aliphatic carbocycles. The molecule has 1 aromatic carbocycles. The number of H-pyrrole nitrogens is 1. The average Bonchev–Trinajstić information content (AvgIpc) is 2.42. The molecule has 1 N–H and O–H groups in total. The molecule has 0 fully saturated rings. The normalized spacial score (nSPS) is 10.0. The second kappa shape index (κ2) is 5.27. The molecule has 3 heteroatoms. The van der Waals surface area contributed by atoms with Gasteiger partial charge < -0.3 is 4.98 Å². The summed E-state index contributed by atoms with van der Waals surface area (Å²) in [4.78, 5) is 26.3. The third kappa shape index (κ3) is 2.46. The molecule has 0 radical (unpaired) electrons. The van der Waals surface area contributed by atoms with Crippen molar-refractivity contribution in [1.29, 1.82) is 0 Å². The van der Waals surface area contributed by atoms with Crippen molar-refractivity contribution in [2.45, 2.75) is 6.42 Å². The number of pyridine rings is 1. The Morgan fingerprint density at radius 1 is 1.22 bits per heavy atom. The molecule has 1 heterocycles. The molecule has 90 valence electrons. The van der Waals surface area contributed by atoms with Crippen LogP contribution in [0.25, 0.3) is 0 Å². The first kappa shape index (κ1) is 12.0. The number of allylic oxidation sites excluding steroid dienone is 1. The summed E-state index contributed by atoms with van der Waals surface area (Å²) in [5.41, 5.74) is 1.46. The third-order valence-corrected chi connectivity index (χ3v) is 2.64. The van der Waals surface area contributed by atoms with Gasteiger partial charge in [-0.1, -0.05) is 36.4 Å². The number of ketones is 1. The predicted octanol–water partition coefficient (Wildman–Crippen LogP) is 2.33. The van der Waals surface area contributed by atoms with E-state index in [0.29, 0.717) is 23.1 Å². The van der Waals surface area contributed by atoms with Crippen LogP contribution in [-0.2, 0) is 6.42 Å². The summed E-state index contributed by atoms with van der Waals surface area (Å²) in [6.07, 6.45) is 3.54. The van der Waals surface area contributed by atoms with Crippen molar-refractivity contribution < 1.29 is 4.79 Å². The standard InChI is InChI=1S/C15H13NO2/c1-2-6-12-9-13(10-16-15(12)18)14(17)11-7-4-3-5-8-11/h2-5,7-10H,1,6H2,(H,16,18). The molecule has 0 atom stereocenters. The van der Waals surface area contributed by atoms with E-state index in [1.54, 1.807) is 24.3 Å². The van der Waals surface area contributed by atoms with Gasteiger partial charge in [0.2, 0.25) is 0 Å². The van der Waals surface area contributed by atoms with Gasteiger partial charge in [-0.2, -0.15) is 0 Å². The summed E-state index contributed by atoms with van der Waals surface area (Å²) in [5, 5.41) is 0. The van der Waals surface area contributed by atoms with E-state index in [2.05, 4.69) is 11.6 Å². The van der Waals surface area contributed by atoms with Crippen molar-refractivity contribution in [3.05, 3.63) is 82.3 Å². The summed E-state index contributed by atoms with van der Waals surface area (Å²) in [5.74, 6) is -0.0998. The Morgan fingerprint density at radius 2 is 1.94 bits per heavy atom.